The molecule has 0 spiro atoms. The number of ether oxygens (including phenoxy) is 1. The summed E-state index contributed by atoms with van der Waals surface area (Å²) in [5.74, 6) is -1.26. The number of carbonyl (C=O) groups is 2. The molecule has 2 amide bonds. The van der Waals surface area contributed by atoms with Crippen LogP contribution in [0.4, 0.5) is 11.4 Å². The Kier molecular flexibility index (Phi) is 2.65. The number of nitrogens with zero attached hydrogens (tertiary/aromatic N) is 2. The van der Waals surface area contributed by atoms with Crippen molar-refractivity contribution in [2.75, 3.05) is 4.90 Å². The van der Waals surface area contributed by atoms with E-state index in [1.807, 2.05) is 0 Å². The van der Waals surface area contributed by atoms with Gasteiger partial charge in [0.15, 0.2) is 0 Å². The summed E-state index contributed by atoms with van der Waals surface area (Å²) < 4.78 is 5.68. The summed E-state index contributed by atoms with van der Waals surface area (Å²) in [6, 6.07) is 4.33. The van der Waals surface area contributed by atoms with Crippen LogP contribution in [0.2, 0.25) is 0 Å². The zero-order chi connectivity index (χ0) is 15.6. The fourth-order valence-electron chi connectivity index (χ4n) is 3.95. The molecule has 0 aromatic heterocycles. The van der Waals surface area contributed by atoms with E-state index in [2.05, 4.69) is 0 Å². The highest BCUT2D eigenvalue weighted by Crippen LogP contribution is 2.49. The number of rotatable bonds is 2. The number of hydrogen-bond acceptors (Lipinski definition) is 5. The summed E-state index contributed by atoms with van der Waals surface area (Å²) in [5, 5.41) is 10.9. The van der Waals surface area contributed by atoms with E-state index in [9.17, 15) is 19.7 Å². The summed E-state index contributed by atoms with van der Waals surface area (Å²) in [4.78, 5) is 36.8. The zero-order valence-electron chi connectivity index (χ0n) is 11.9. The van der Waals surface area contributed by atoms with E-state index in [0.29, 0.717) is 11.3 Å². The Bertz CT molecular complexity index is 688. The number of imide groups is 1. The Morgan fingerprint density at radius 2 is 1.77 bits per heavy atom. The number of fused-ring (bicyclic) bond motifs is 5. The highest BCUT2D eigenvalue weighted by Gasteiger charge is 2.62. The quantitative estimate of drug-likeness (QED) is 0.470. The van der Waals surface area contributed by atoms with Crippen molar-refractivity contribution in [2.24, 2.45) is 11.8 Å². The van der Waals surface area contributed by atoms with Crippen LogP contribution in [0, 0.1) is 28.9 Å². The Morgan fingerprint density at radius 1 is 1.18 bits per heavy atom. The number of amides is 2. The Balaban J connectivity index is 1.72. The van der Waals surface area contributed by atoms with Crippen LogP contribution in [-0.4, -0.2) is 28.9 Å². The van der Waals surface area contributed by atoms with Crippen LogP contribution in [0.5, 0.6) is 0 Å². The van der Waals surface area contributed by atoms with Crippen molar-refractivity contribution in [3.8, 4) is 0 Å². The van der Waals surface area contributed by atoms with Gasteiger partial charge in [-0.3, -0.25) is 19.7 Å². The average Bonchev–Trinajstić information content (AvgIpc) is 3.12. The molecule has 7 heteroatoms. The van der Waals surface area contributed by atoms with Crippen molar-refractivity contribution in [3.63, 3.8) is 0 Å². The van der Waals surface area contributed by atoms with Crippen LogP contribution in [-0.2, 0) is 14.3 Å². The Morgan fingerprint density at radius 3 is 2.27 bits per heavy atom. The van der Waals surface area contributed by atoms with Crippen molar-refractivity contribution < 1.29 is 19.2 Å². The minimum atomic E-state index is -0.477. The van der Waals surface area contributed by atoms with Gasteiger partial charge in [-0.15, -0.1) is 0 Å². The largest absolute Gasteiger partial charge is 0.373 e. The van der Waals surface area contributed by atoms with Gasteiger partial charge in [-0.2, -0.15) is 0 Å². The van der Waals surface area contributed by atoms with Gasteiger partial charge in [0.1, 0.15) is 0 Å². The van der Waals surface area contributed by atoms with Crippen molar-refractivity contribution in [2.45, 2.75) is 32.0 Å². The van der Waals surface area contributed by atoms with Crippen LogP contribution < -0.4 is 4.90 Å². The summed E-state index contributed by atoms with van der Waals surface area (Å²) in [5.41, 5.74) is 0.817. The number of carbonyl (C=O) groups excluding carboxylic acids is 2. The molecule has 114 valence electrons. The lowest BCUT2D eigenvalue weighted by Gasteiger charge is -2.17. The predicted octanol–water partition coefficient (Wildman–Crippen LogP) is 1.57. The van der Waals surface area contributed by atoms with E-state index in [0.717, 1.165) is 12.8 Å². The number of anilines is 1. The maximum Gasteiger partial charge on any atom is 0.272 e. The molecule has 3 saturated heterocycles. The first-order valence-corrected chi connectivity index (χ1v) is 7.27. The van der Waals surface area contributed by atoms with E-state index in [-0.39, 0.29) is 41.5 Å². The highest BCUT2D eigenvalue weighted by atomic mass is 16.6. The Labute approximate surface area is 126 Å². The normalized spacial score (nSPS) is 32.7. The first-order chi connectivity index (χ1) is 10.5. The van der Waals surface area contributed by atoms with E-state index in [1.54, 1.807) is 6.92 Å². The van der Waals surface area contributed by atoms with E-state index in [1.165, 1.54) is 23.1 Å². The predicted molar refractivity (Wildman–Crippen MR) is 75.2 cm³/mol. The van der Waals surface area contributed by atoms with Gasteiger partial charge in [0.05, 0.1) is 34.7 Å². The molecule has 0 radical (unpaired) electrons. The van der Waals surface area contributed by atoms with Crippen molar-refractivity contribution in [1.29, 1.82) is 0 Å². The van der Waals surface area contributed by atoms with Crippen LogP contribution in [0.1, 0.15) is 18.4 Å². The van der Waals surface area contributed by atoms with Gasteiger partial charge < -0.3 is 4.74 Å². The number of nitro benzene ring substituents is 1. The zero-order valence-corrected chi connectivity index (χ0v) is 11.9. The van der Waals surface area contributed by atoms with Crippen LogP contribution in [0.25, 0.3) is 0 Å². The van der Waals surface area contributed by atoms with Gasteiger partial charge in [0.25, 0.3) is 5.69 Å². The molecule has 0 N–H and O–H groups in total. The SMILES string of the molecule is Cc1cc(N2C(=O)[C@@H]3[C@H](C2=O)[C@@H]2CC[C@H]3O2)ccc1[N+](=O)[O-]. The second-order valence-corrected chi connectivity index (χ2v) is 6.08. The Hall–Kier alpha value is -2.28. The molecule has 2 bridgehead atoms. The van der Waals surface area contributed by atoms with E-state index in [4.69, 9.17) is 4.74 Å². The summed E-state index contributed by atoms with van der Waals surface area (Å²) in [7, 11) is 0. The molecule has 3 fully saturated rings. The smallest absolute Gasteiger partial charge is 0.272 e. The minimum absolute atomic E-state index is 0.0218. The van der Waals surface area contributed by atoms with Gasteiger partial charge in [-0.05, 0) is 31.9 Å². The van der Waals surface area contributed by atoms with Gasteiger partial charge in [-0.1, -0.05) is 0 Å². The van der Waals surface area contributed by atoms with E-state index >= 15 is 0 Å². The second-order valence-electron chi connectivity index (χ2n) is 6.08. The van der Waals surface area contributed by atoms with Gasteiger partial charge in [0, 0.05) is 11.6 Å². The van der Waals surface area contributed by atoms with Gasteiger partial charge in [0.2, 0.25) is 11.8 Å². The molecular weight excluding hydrogens is 288 g/mol. The molecule has 4 atom stereocenters. The standard InChI is InChI=1S/C15H14N2O5/c1-7-6-8(2-3-9(7)17(20)21)16-14(18)12-10-4-5-11(22-10)13(12)15(16)19/h2-3,6,10-13H,4-5H2,1H3/t10-,11+,12+,13-. The molecule has 0 saturated carbocycles. The summed E-state index contributed by atoms with van der Waals surface area (Å²) >= 11 is 0. The summed E-state index contributed by atoms with van der Waals surface area (Å²) in [6.07, 6.45) is 1.32. The molecule has 1 aromatic carbocycles. The second kappa shape index (κ2) is 4.36. The fourth-order valence-corrected chi connectivity index (χ4v) is 3.95. The third-order valence-electron chi connectivity index (χ3n) is 4.92. The van der Waals surface area contributed by atoms with Crippen LogP contribution >= 0.6 is 0 Å². The molecular formula is C15H14N2O5. The van der Waals surface area contributed by atoms with Crippen molar-refractivity contribution in [1.82, 2.24) is 0 Å². The molecule has 0 aliphatic carbocycles. The van der Waals surface area contributed by atoms with Gasteiger partial charge >= 0.3 is 0 Å². The van der Waals surface area contributed by atoms with Crippen molar-refractivity contribution >= 4 is 23.2 Å². The molecule has 3 aliphatic rings. The lowest BCUT2D eigenvalue weighted by Crippen LogP contribution is -2.34. The van der Waals surface area contributed by atoms with Crippen LogP contribution in [0.3, 0.4) is 0 Å². The molecule has 3 heterocycles. The third kappa shape index (κ3) is 1.60. The van der Waals surface area contributed by atoms with E-state index < -0.39 is 4.92 Å². The highest BCUT2D eigenvalue weighted by molar-refractivity contribution is 6.22. The van der Waals surface area contributed by atoms with Gasteiger partial charge in [-0.25, -0.2) is 4.90 Å². The van der Waals surface area contributed by atoms with Crippen LogP contribution in [0.15, 0.2) is 18.2 Å². The molecule has 0 unspecified atom stereocenters. The third-order valence-corrected chi connectivity index (χ3v) is 4.92. The topological polar surface area (TPSA) is 89.8 Å². The lowest BCUT2D eigenvalue weighted by molar-refractivity contribution is -0.385. The maximum absolute atomic E-state index is 12.6. The number of nitro groups is 1. The average molecular weight is 302 g/mol. The number of aryl methyl sites for hydroxylation is 1. The first kappa shape index (κ1) is 13.4. The maximum atomic E-state index is 12.6. The summed E-state index contributed by atoms with van der Waals surface area (Å²) in [6.45, 7) is 1.60. The molecule has 1 aromatic rings. The minimum Gasteiger partial charge on any atom is -0.373 e. The molecule has 4 rings (SSSR count). The molecule has 22 heavy (non-hydrogen) atoms. The first-order valence-electron chi connectivity index (χ1n) is 7.27. The lowest BCUT2D eigenvalue weighted by atomic mass is 9.81. The fraction of sp³-hybridized carbons (Fsp3) is 0.467. The van der Waals surface area contributed by atoms with Crippen molar-refractivity contribution in [3.05, 3.63) is 33.9 Å². The molecule has 3 aliphatic heterocycles. The number of benzene rings is 1. The molecule has 7 nitrogen and oxygen atoms in total. The monoisotopic (exact) mass is 302 g/mol. The number of hydrogen-bond donors (Lipinski definition) is 0.